The number of nitrogens with zero attached hydrogens (tertiary/aromatic N) is 1. The van der Waals surface area contributed by atoms with E-state index in [-0.39, 0.29) is 22.6 Å². The van der Waals surface area contributed by atoms with Crippen LogP contribution in [0.25, 0.3) is 0 Å². The van der Waals surface area contributed by atoms with Crippen LogP contribution in [0.15, 0.2) is 23.1 Å². The maximum absolute atomic E-state index is 12.9. The van der Waals surface area contributed by atoms with Crippen molar-refractivity contribution in [3.05, 3.63) is 23.8 Å². The lowest BCUT2D eigenvalue weighted by molar-refractivity contribution is 0.0939. The molecule has 2 rings (SSSR count). The first-order chi connectivity index (χ1) is 11.4. The second-order valence-electron chi connectivity index (χ2n) is 6.11. The number of ether oxygens (including phenoxy) is 1. The van der Waals surface area contributed by atoms with Crippen LogP contribution >= 0.6 is 0 Å². The minimum absolute atomic E-state index is 0.0294. The lowest BCUT2D eigenvalue weighted by Crippen LogP contribution is -2.36. The second-order valence-corrected chi connectivity index (χ2v) is 8.02. The molecule has 1 amide bonds. The van der Waals surface area contributed by atoms with Gasteiger partial charge in [-0.25, -0.2) is 8.42 Å². The first kappa shape index (κ1) is 18.7. The van der Waals surface area contributed by atoms with Gasteiger partial charge in [0.15, 0.2) is 0 Å². The Labute approximate surface area is 144 Å². The summed E-state index contributed by atoms with van der Waals surface area (Å²) >= 11 is 0. The van der Waals surface area contributed by atoms with E-state index in [2.05, 4.69) is 5.32 Å². The van der Waals surface area contributed by atoms with Crippen LogP contribution in [0.2, 0.25) is 0 Å². The Kier molecular flexibility index (Phi) is 6.23. The van der Waals surface area contributed by atoms with Gasteiger partial charge in [0.25, 0.3) is 5.91 Å². The highest BCUT2D eigenvalue weighted by Crippen LogP contribution is 2.29. The standard InChI is InChI=1S/C17H26N2O4S/c1-4-13(2)18-17(20)14-8-9-15(23-3)16(12-14)24(21,22)19-10-6-5-7-11-19/h8-9,12-13H,4-7,10-11H2,1-3H3,(H,18,20)/t13-/m1/s1. The molecule has 24 heavy (non-hydrogen) atoms. The monoisotopic (exact) mass is 354 g/mol. The maximum Gasteiger partial charge on any atom is 0.251 e. The van der Waals surface area contributed by atoms with Crippen molar-refractivity contribution in [1.82, 2.24) is 9.62 Å². The highest BCUT2D eigenvalue weighted by atomic mass is 32.2. The van der Waals surface area contributed by atoms with Crippen molar-refractivity contribution in [3.8, 4) is 5.75 Å². The largest absolute Gasteiger partial charge is 0.495 e. The quantitative estimate of drug-likeness (QED) is 0.851. The van der Waals surface area contributed by atoms with Crippen LogP contribution < -0.4 is 10.1 Å². The summed E-state index contributed by atoms with van der Waals surface area (Å²) in [5.74, 6) is -0.0113. The van der Waals surface area contributed by atoms with Crippen LogP contribution in [0.1, 0.15) is 49.9 Å². The number of carbonyl (C=O) groups excluding carboxylic acids is 1. The molecule has 134 valence electrons. The minimum atomic E-state index is -3.67. The molecular formula is C17H26N2O4S. The lowest BCUT2D eigenvalue weighted by atomic mass is 10.2. The third kappa shape index (κ3) is 4.08. The summed E-state index contributed by atoms with van der Waals surface area (Å²) < 4.78 is 32.6. The minimum Gasteiger partial charge on any atom is -0.495 e. The Morgan fingerprint density at radius 3 is 2.54 bits per heavy atom. The van der Waals surface area contributed by atoms with E-state index in [9.17, 15) is 13.2 Å². The fourth-order valence-corrected chi connectivity index (χ4v) is 4.37. The topological polar surface area (TPSA) is 75.7 Å². The van der Waals surface area contributed by atoms with E-state index in [4.69, 9.17) is 4.74 Å². The van der Waals surface area contributed by atoms with Crippen LogP contribution in [-0.4, -0.2) is 44.9 Å². The molecule has 1 aliphatic heterocycles. The molecule has 1 fully saturated rings. The van der Waals surface area contributed by atoms with E-state index in [1.165, 1.54) is 17.5 Å². The summed E-state index contributed by atoms with van der Waals surface area (Å²) in [4.78, 5) is 12.4. The van der Waals surface area contributed by atoms with E-state index in [1.54, 1.807) is 12.1 Å². The van der Waals surface area contributed by atoms with Crippen molar-refractivity contribution in [1.29, 1.82) is 0 Å². The third-order valence-electron chi connectivity index (χ3n) is 4.35. The van der Waals surface area contributed by atoms with Crippen LogP contribution in [0.4, 0.5) is 0 Å². The van der Waals surface area contributed by atoms with Gasteiger partial charge in [-0.3, -0.25) is 4.79 Å². The van der Waals surface area contributed by atoms with Gasteiger partial charge >= 0.3 is 0 Å². The summed E-state index contributed by atoms with van der Waals surface area (Å²) in [5, 5.41) is 2.85. The molecule has 1 N–H and O–H groups in total. The van der Waals surface area contributed by atoms with Crippen molar-refractivity contribution in [2.75, 3.05) is 20.2 Å². The van der Waals surface area contributed by atoms with E-state index in [0.717, 1.165) is 25.7 Å². The molecular weight excluding hydrogens is 328 g/mol. The van der Waals surface area contributed by atoms with Crippen molar-refractivity contribution in [3.63, 3.8) is 0 Å². The second kappa shape index (κ2) is 7.98. The van der Waals surface area contributed by atoms with Gasteiger partial charge in [0, 0.05) is 24.7 Å². The van der Waals surface area contributed by atoms with Gasteiger partial charge in [0.2, 0.25) is 10.0 Å². The molecule has 1 heterocycles. The Bertz CT molecular complexity index is 682. The summed E-state index contributed by atoms with van der Waals surface area (Å²) in [7, 11) is -2.23. The van der Waals surface area contributed by atoms with E-state index >= 15 is 0 Å². The number of carbonyl (C=O) groups is 1. The van der Waals surface area contributed by atoms with Crippen molar-refractivity contribution >= 4 is 15.9 Å². The summed E-state index contributed by atoms with van der Waals surface area (Å²) in [6.45, 7) is 4.90. The number of amides is 1. The smallest absolute Gasteiger partial charge is 0.251 e. The molecule has 1 aliphatic rings. The number of methoxy groups -OCH3 is 1. The number of nitrogens with one attached hydrogen (secondary N) is 1. The van der Waals surface area contributed by atoms with Crippen LogP contribution in [0.5, 0.6) is 5.75 Å². The molecule has 0 aliphatic carbocycles. The number of rotatable bonds is 6. The number of hydrogen-bond acceptors (Lipinski definition) is 4. The zero-order valence-corrected chi connectivity index (χ0v) is 15.4. The van der Waals surface area contributed by atoms with Crippen LogP contribution in [0, 0.1) is 0 Å². The average molecular weight is 354 g/mol. The van der Waals surface area contributed by atoms with Crippen molar-refractivity contribution in [2.45, 2.75) is 50.5 Å². The first-order valence-corrected chi connectivity index (χ1v) is 9.83. The zero-order valence-electron chi connectivity index (χ0n) is 14.5. The molecule has 0 saturated carbocycles. The first-order valence-electron chi connectivity index (χ1n) is 8.39. The number of sulfonamides is 1. The predicted octanol–water partition coefficient (Wildman–Crippen LogP) is 2.40. The van der Waals surface area contributed by atoms with Gasteiger partial charge in [-0.15, -0.1) is 0 Å². The highest BCUT2D eigenvalue weighted by molar-refractivity contribution is 7.89. The summed E-state index contributed by atoms with van der Waals surface area (Å²) in [5.41, 5.74) is 0.326. The number of hydrogen-bond donors (Lipinski definition) is 1. The molecule has 0 aromatic heterocycles. The van der Waals surface area contributed by atoms with Gasteiger partial charge in [0.05, 0.1) is 7.11 Å². The van der Waals surface area contributed by atoms with Gasteiger partial charge < -0.3 is 10.1 Å². The molecule has 1 saturated heterocycles. The fourth-order valence-electron chi connectivity index (χ4n) is 2.67. The Hall–Kier alpha value is -1.60. The third-order valence-corrected chi connectivity index (χ3v) is 6.27. The molecule has 0 bridgehead atoms. The zero-order chi connectivity index (χ0) is 17.7. The van der Waals surface area contributed by atoms with Crippen molar-refractivity contribution < 1.29 is 17.9 Å². The maximum atomic E-state index is 12.9. The van der Waals surface area contributed by atoms with Crippen LogP contribution in [0.3, 0.4) is 0 Å². The lowest BCUT2D eigenvalue weighted by Gasteiger charge is -2.26. The molecule has 0 radical (unpaired) electrons. The van der Waals surface area contributed by atoms with Gasteiger partial charge in [0.1, 0.15) is 10.6 Å². The molecule has 7 heteroatoms. The summed E-state index contributed by atoms with van der Waals surface area (Å²) in [6, 6.07) is 4.58. The molecule has 1 aromatic rings. The van der Waals surface area contributed by atoms with Gasteiger partial charge in [-0.05, 0) is 44.4 Å². The number of benzene rings is 1. The fraction of sp³-hybridized carbons (Fsp3) is 0.588. The Balaban J connectivity index is 2.37. The van der Waals surface area contributed by atoms with E-state index in [1.807, 2.05) is 13.8 Å². The molecule has 6 nitrogen and oxygen atoms in total. The molecule has 1 aromatic carbocycles. The molecule has 0 spiro atoms. The van der Waals surface area contributed by atoms with E-state index < -0.39 is 10.0 Å². The average Bonchev–Trinajstić information content (AvgIpc) is 2.61. The van der Waals surface area contributed by atoms with Crippen molar-refractivity contribution in [2.24, 2.45) is 0 Å². The van der Waals surface area contributed by atoms with Gasteiger partial charge in [-0.1, -0.05) is 13.3 Å². The molecule has 0 unspecified atom stereocenters. The Morgan fingerprint density at radius 1 is 1.29 bits per heavy atom. The van der Waals surface area contributed by atoms with Gasteiger partial charge in [-0.2, -0.15) is 4.31 Å². The predicted molar refractivity (Wildman–Crippen MR) is 92.8 cm³/mol. The normalized spacial score (nSPS) is 17.3. The highest BCUT2D eigenvalue weighted by Gasteiger charge is 2.29. The summed E-state index contributed by atoms with van der Waals surface area (Å²) in [6.07, 6.45) is 3.56. The van der Waals surface area contributed by atoms with Crippen LogP contribution in [-0.2, 0) is 10.0 Å². The van der Waals surface area contributed by atoms with E-state index in [0.29, 0.717) is 18.7 Å². The SMILES string of the molecule is CC[C@@H](C)NC(=O)c1ccc(OC)c(S(=O)(=O)N2CCCCC2)c1. The Morgan fingerprint density at radius 2 is 1.96 bits per heavy atom. The molecule has 1 atom stereocenters. The number of piperidine rings is 1.